The van der Waals surface area contributed by atoms with Gasteiger partial charge in [0.2, 0.25) is 0 Å². The molecule has 1 N–H and O–H groups in total. The fourth-order valence-corrected chi connectivity index (χ4v) is 3.15. The summed E-state index contributed by atoms with van der Waals surface area (Å²) in [5.74, 6) is 0.927. The fourth-order valence-electron chi connectivity index (χ4n) is 2.81. The molecule has 2 aromatic carbocycles. The van der Waals surface area contributed by atoms with Gasteiger partial charge in [-0.05, 0) is 55.0 Å². The predicted octanol–water partition coefficient (Wildman–Crippen LogP) is 4.77. The van der Waals surface area contributed by atoms with E-state index >= 15 is 0 Å². The van der Waals surface area contributed by atoms with Gasteiger partial charge in [0.1, 0.15) is 17.4 Å². The highest BCUT2D eigenvalue weighted by Crippen LogP contribution is 2.31. The number of fused-ring (bicyclic) bond motifs is 2. The van der Waals surface area contributed by atoms with E-state index in [1.54, 1.807) is 6.07 Å². The molecular weight excluding hydrogens is 358 g/mol. The number of furan rings is 1. The first-order valence-corrected chi connectivity index (χ1v) is 8.18. The average Bonchev–Trinajstić information content (AvgIpc) is 3.08. The van der Waals surface area contributed by atoms with Gasteiger partial charge in [0.05, 0.1) is 0 Å². The maximum Gasteiger partial charge on any atom is 0.291 e. The Balaban J connectivity index is 1.58. The van der Waals surface area contributed by atoms with Crippen molar-refractivity contribution in [2.45, 2.75) is 19.4 Å². The van der Waals surface area contributed by atoms with Gasteiger partial charge in [0.25, 0.3) is 5.91 Å². The van der Waals surface area contributed by atoms with Crippen LogP contribution in [0.5, 0.6) is 5.75 Å². The molecule has 0 spiro atoms. The van der Waals surface area contributed by atoms with Crippen molar-refractivity contribution in [3.05, 3.63) is 58.3 Å². The van der Waals surface area contributed by atoms with Gasteiger partial charge in [-0.15, -0.1) is 0 Å². The first kappa shape index (κ1) is 14.3. The van der Waals surface area contributed by atoms with Crippen LogP contribution in [0.4, 0.5) is 5.69 Å². The second-order valence-corrected chi connectivity index (χ2v) is 6.62. The summed E-state index contributed by atoms with van der Waals surface area (Å²) in [6.07, 6.45) is 1.04. The summed E-state index contributed by atoms with van der Waals surface area (Å²) < 4.78 is 12.2. The summed E-state index contributed by atoms with van der Waals surface area (Å²) in [5.41, 5.74) is 2.54. The Morgan fingerprint density at radius 1 is 1.22 bits per heavy atom. The molecule has 23 heavy (non-hydrogen) atoms. The number of carbonyl (C=O) groups excluding carboxylic acids is 1. The standard InChI is InChI=1S/C18H14BrNO3/c1-10-6-12-7-14(4-5-15(12)22-10)20-18(21)17-8-11-2-3-13(19)9-16(11)23-17/h2-5,7-10H,6H2,1H3,(H,20,21). The molecule has 1 aliphatic rings. The summed E-state index contributed by atoms with van der Waals surface area (Å²) in [6, 6.07) is 13.1. The molecule has 0 radical (unpaired) electrons. The highest BCUT2D eigenvalue weighted by atomic mass is 79.9. The van der Waals surface area contributed by atoms with Crippen molar-refractivity contribution in [1.82, 2.24) is 0 Å². The molecule has 0 fully saturated rings. The molecule has 116 valence electrons. The summed E-state index contributed by atoms with van der Waals surface area (Å²) in [6.45, 7) is 2.03. The average molecular weight is 372 g/mol. The second-order valence-electron chi connectivity index (χ2n) is 5.70. The third kappa shape index (κ3) is 2.72. The predicted molar refractivity (Wildman–Crippen MR) is 92.1 cm³/mol. The highest BCUT2D eigenvalue weighted by molar-refractivity contribution is 9.10. The van der Waals surface area contributed by atoms with Crippen molar-refractivity contribution in [3.8, 4) is 5.75 Å². The molecule has 3 aromatic rings. The van der Waals surface area contributed by atoms with Gasteiger partial charge in [-0.25, -0.2) is 0 Å². The molecule has 4 rings (SSSR count). The van der Waals surface area contributed by atoms with Crippen LogP contribution in [-0.2, 0) is 6.42 Å². The molecule has 0 aliphatic carbocycles. The largest absolute Gasteiger partial charge is 0.490 e. The lowest BCUT2D eigenvalue weighted by molar-refractivity contribution is 0.0998. The number of hydrogen-bond acceptors (Lipinski definition) is 3. The number of hydrogen-bond donors (Lipinski definition) is 1. The molecule has 1 atom stereocenters. The lowest BCUT2D eigenvalue weighted by Crippen LogP contribution is -2.10. The number of carbonyl (C=O) groups is 1. The summed E-state index contributed by atoms with van der Waals surface area (Å²) in [4.78, 5) is 12.4. The Bertz CT molecular complexity index is 916. The maximum atomic E-state index is 12.4. The van der Waals surface area contributed by atoms with Crippen LogP contribution in [0, 0.1) is 0 Å². The van der Waals surface area contributed by atoms with Crippen molar-refractivity contribution in [2.24, 2.45) is 0 Å². The zero-order valence-corrected chi connectivity index (χ0v) is 14.0. The van der Waals surface area contributed by atoms with E-state index in [0.29, 0.717) is 11.3 Å². The molecular formula is C18H14BrNO3. The van der Waals surface area contributed by atoms with Crippen LogP contribution in [0.1, 0.15) is 23.0 Å². The maximum absolute atomic E-state index is 12.4. The molecule has 1 aromatic heterocycles. The van der Waals surface area contributed by atoms with Gasteiger partial charge in [-0.2, -0.15) is 0 Å². The van der Waals surface area contributed by atoms with E-state index < -0.39 is 0 Å². The molecule has 2 heterocycles. The number of nitrogens with one attached hydrogen (secondary N) is 1. The molecule has 0 bridgehead atoms. The van der Waals surface area contributed by atoms with Crippen LogP contribution in [0.15, 0.2) is 51.4 Å². The SMILES string of the molecule is CC1Cc2cc(NC(=O)c3cc4ccc(Br)cc4o3)ccc2O1. The van der Waals surface area contributed by atoms with E-state index in [2.05, 4.69) is 21.2 Å². The molecule has 1 unspecified atom stereocenters. The zero-order valence-electron chi connectivity index (χ0n) is 12.4. The Labute approximate surface area is 141 Å². The van der Waals surface area contributed by atoms with Crippen molar-refractivity contribution in [2.75, 3.05) is 5.32 Å². The summed E-state index contributed by atoms with van der Waals surface area (Å²) >= 11 is 3.39. The Hall–Kier alpha value is -2.27. The Kier molecular flexibility index (Phi) is 3.38. The Morgan fingerprint density at radius 3 is 2.96 bits per heavy atom. The second kappa shape index (κ2) is 5.42. The number of amides is 1. The smallest absolute Gasteiger partial charge is 0.291 e. The van der Waals surface area contributed by atoms with E-state index in [4.69, 9.17) is 9.15 Å². The van der Waals surface area contributed by atoms with E-state index in [1.165, 1.54) is 0 Å². The van der Waals surface area contributed by atoms with Gasteiger partial charge in [-0.1, -0.05) is 15.9 Å². The van der Waals surface area contributed by atoms with Crippen LogP contribution in [0.3, 0.4) is 0 Å². The lowest BCUT2D eigenvalue weighted by Gasteiger charge is -2.05. The van der Waals surface area contributed by atoms with E-state index in [-0.39, 0.29) is 12.0 Å². The zero-order chi connectivity index (χ0) is 16.0. The molecule has 0 saturated carbocycles. The topological polar surface area (TPSA) is 51.5 Å². The fraction of sp³-hybridized carbons (Fsp3) is 0.167. The van der Waals surface area contributed by atoms with Crippen LogP contribution < -0.4 is 10.1 Å². The monoisotopic (exact) mass is 371 g/mol. The van der Waals surface area contributed by atoms with Gasteiger partial charge in [0.15, 0.2) is 5.76 Å². The highest BCUT2D eigenvalue weighted by Gasteiger charge is 2.20. The van der Waals surface area contributed by atoms with Crippen molar-refractivity contribution >= 4 is 38.5 Å². The van der Waals surface area contributed by atoms with Crippen molar-refractivity contribution < 1.29 is 13.9 Å². The van der Waals surface area contributed by atoms with Crippen molar-refractivity contribution in [3.63, 3.8) is 0 Å². The number of benzene rings is 2. The quantitative estimate of drug-likeness (QED) is 0.705. The lowest BCUT2D eigenvalue weighted by atomic mass is 10.1. The van der Waals surface area contributed by atoms with Gasteiger partial charge in [0, 0.05) is 22.0 Å². The number of anilines is 1. The minimum atomic E-state index is -0.260. The van der Waals surface area contributed by atoms with Crippen LogP contribution >= 0.6 is 15.9 Å². The van der Waals surface area contributed by atoms with Crippen molar-refractivity contribution in [1.29, 1.82) is 0 Å². The summed E-state index contributed by atoms with van der Waals surface area (Å²) in [5, 5.41) is 3.78. The number of rotatable bonds is 2. The Morgan fingerprint density at radius 2 is 2.09 bits per heavy atom. The summed E-state index contributed by atoms with van der Waals surface area (Å²) in [7, 11) is 0. The molecule has 0 saturated heterocycles. The first-order chi connectivity index (χ1) is 11.1. The van der Waals surface area contributed by atoms with Crippen LogP contribution in [0.25, 0.3) is 11.0 Å². The number of ether oxygens (including phenoxy) is 1. The molecule has 1 aliphatic heterocycles. The third-order valence-electron chi connectivity index (χ3n) is 3.86. The van der Waals surface area contributed by atoms with Gasteiger partial charge in [-0.3, -0.25) is 4.79 Å². The van der Waals surface area contributed by atoms with Gasteiger partial charge >= 0.3 is 0 Å². The van der Waals surface area contributed by atoms with E-state index in [9.17, 15) is 4.79 Å². The van der Waals surface area contributed by atoms with Crippen LogP contribution in [-0.4, -0.2) is 12.0 Å². The van der Waals surface area contributed by atoms with Crippen LogP contribution in [0.2, 0.25) is 0 Å². The number of halogens is 1. The minimum absolute atomic E-state index is 0.185. The normalized spacial score (nSPS) is 16.2. The molecule has 5 heteroatoms. The molecule has 1 amide bonds. The molecule has 4 nitrogen and oxygen atoms in total. The first-order valence-electron chi connectivity index (χ1n) is 7.38. The third-order valence-corrected chi connectivity index (χ3v) is 4.35. The van der Waals surface area contributed by atoms with E-state index in [0.717, 1.165) is 33.3 Å². The van der Waals surface area contributed by atoms with Gasteiger partial charge < -0.3 is 14.5 Å². The van der Waals surface area contributed by atoms with E-state index in [1.807, 2.05) is 43.3 Å². The minimum Gasteiger partial charge on any atom is -0.490 e.